The number of nitrogens with one attached hydrogen (secondary N) is 6. The predicted molar refractivity (Wildman–Crippen MR) is 271 cm³/mol. The van der Waals surface area contributed by atoms with Crippen LogP contribution in [0.5, 0.6) is 0 Å². The van der Waals surface area contributed by atoms with Crippen molar-refractivity contribution in [3.8, 4) is 0 Å². The van der Waals surface area contributed by atoms with Gasteiger partial charge in [0.1, 0.15) is 30.4 Å². The number of carbonyl (C=O) groups is 10. The summed E-state index contributed by atoms with van der Waals surface area (Å²) in [6.07, 6.45) is -3.07. The van der Waals surface area contributed by atoms with E-state index in [1.54, 1.807) is 41.8 Å². The molecule has 0 saturated carbocycles. The Bertz CT molecular complexity index is 2470. The van der Waals surface area contributed by atoms with Crippen molar-refractivity contribution in [2.75, 3.05) is 70.3 Å². The van der Waals surface area contributed by atoms with Gasteiger partial charge in [-0.1, -0.05) is 62.7 Å². The van der Waals surface area contributed by atoms with Gasteiger partial charge >= 0.3 is 23.9 Å². The Morgan fingerprint density at radius 3 is 1.96 bits per heavy atom. The van der Waals surface area contributed by atoms with Crippen LogP contribution in [-0.4, -0.2) is 208 Å². The number of cyclic esters (lactones) is 1. The van der Waals surface area contributed by atoms with E-state index >= 15 is 0 Å². The van der Waals surface area contributed by atoms with Crippen molar-refractivity contribution in [2.45, 2.75) is 114 Å². The summed E-state index contributed by atoms with van der Waals surface area (Å²) in [5, 5.41) is 64.9. The molecule has 11 N–H and O–H groups in total. The lowest BCUT2D eigenvalue weighted by atomic mass is 9.97. The molecule has 26 heteroatoms. The highest BCUT2D eigenvalue weighted by Crippen LogP contribution is 2.39. The third-order valence-corrected chi connectivity index (χ3v) is 14.2. The van der Waals surface area contributed by atoms with Crippen molar-refractivity contribution in [1.82, 2.24) is 46.6 Å². The van der Waals surface area contributed by atoms with Crippen LogP contribution < -0.4 is 36.8 Å². The number of aliphatic hydroxyl groups excluding tert-OH is 2. The van der Waals surface area contributed by atoms with Crippen LogP contribution in [0.25, 0.3) is 0 Å². The number of benzene rings is 2. The maximum atomic E-state index is 14.3. The zero-order chi connectivity index (χ0) is 55.9. The normalized spacial score (nSPS) is 21.6. The van der Waals surface area contributed by atoms with Gasteiger partial charge in [0, 0.05) is 58.7 Å². The molecule has 8 atom stereocenters. The van der Waals surface area contributed by atoms with Crippen LogP contribution in [0.15, 0.2) is 42.5 Å². The van der Waals surface area contributed by atoms with Gasteiger partial charge in [-0.2, -0.15) is 0 Å². The summed E-state index contributed by atoms with van der Waals surface area (Å²) in [7, 11) is 0. The van der Waals surface area contributed by atoms with Crippen molar-refractivity contribution < 1.29 is 78.2 Å². The van der Waals surface area contributed by atoms with Gasteiger partial charge < -0.3 is 56.9 Å². The van der Waals surface area contributed by atoms with Crippen LogP contribution in [0.3, 0.4) is 0 Å². The molecule has 1 unspecified atom stereocenters. The summed E-state index contributed by atoms with van der Waals surface area (Å²) >= 11 is 0. The predicted octanol–water partition coefficient (Wildman–Crippen LogP) is -3.14. The Hall–Kier alpha value is -7.10. The molecule has 6 rings (SSSR count). The minimum atomic E-state index is -1.60. The van der Waals surface area contributed by atoms with E-state index < -0.39 is 127 Å². The topological polar surface area (TPSA) is 366 Å². The van der Waals surface area contributed by atoms with E-state index in [2.05, 4.69) is 36.8 Å². The Kier molecular flexibility index (Phi) is 21.4. The number of hydrogen-bond acceptors (Lipinski definition) is 17. The highest BCUT2D eigenvalue weighted by Gasteiger charge is 2.46. The lowest BCUT2D eigenvalue weighted by Gasteiger charge is -2.30. The maximum absolute atomic E-state index is 14.3. The van der Waals surface area contributed by atoms with Crippen LogP contribution in [0.2, 0.25) is 0 Å². The Labute approximate surface area is 444 Å². The third-order valence-electron chi connectivity index (χ3n) is 14.2. The zero-order valence-corrected chi connectivity index (χ0v) is 43.1. The fourth-order valence-electron chi connectivity index (χ4n) is 9.78. The highest BCUT2D eigenvalue weighted by molar-refractivity contribution is 6.08. The molecule has 26 nitrogen and oxygen atoms in total. The number of carboxylic acids is 3. The second-order valence-electron chi connectivity index (χ2n) is 19.9. The number of esters is 1. The number of rotatable bonds is 25. The van der Waals surface area contributed by atoms with E-state index in [0.717, 1.165) is 16.7 Å². The van der Waals surface area contributed by atoms with E-state index in [4.69, 9.17) is 4.74 Å². The van der Waals surface area contributed by atoms with Gasteiger partial charge in [0.15, 0.2) is 0 Å². The Morgan fingerprint density at radius 2 is 1.36 bits per heavy atom. The number of anilines is 1. The molecule has 0 aliphatic carbocycles. The first kappa shape index (κ1) is 59.1. The smallest absolute Gasteiger partial charge is 0.317 e. The molecule has 2 saturated heterocycles. The molecule has 4 aliphatic rings. The molecule has 420 valence electrons. The van der Waals surface area contributed by atoms with Crippen molar-refractivity contribution in [3.05, 3.63) is 64.7 Å². The molecule has 2 aromatic carbocycles. The fraction of sp³-hybridized carbons (Fsp3) is 0.569. The molecular weight excluding hydrogens is 1010 g/mol. The summed E-state index contributed by atoms with van der Waals surface area (Å²) in [4.78, 5) is 134. The lowest BCUT2D eigenvalue weighted by molar-refractivity contribution is -0.155. The second kappa shape index (κ2) is 27.8. The van der Waals surface area contributed by atoms with Crippen LogP contribution in [-0.2, 0) is 78.5 Å². The molecule has 0 radical (unpaired) electrons. The van der Waals surface area contributed by atoms with Crippen molar-refractivity contribution in [3.63, 3.8) is 0 Å². The average molecular weight is 1080 g/mol. The molecule has 0 aromatic heterocycles. The minimum absolute atomic E-state index is 0.141. The Balaban J connectivity index is 0.978. The van der Waals surface area contributed by atoms with Gasteiger partial charge in [-0.25, -0.2) is 0 Å². The standard InChI is InChI=1S/C51H70N10O16/c1-3-29(2)45(49(74)55-35-12-11-32-5-4-6-33-22-37(61(46(32)33)50(35)75)48(73)56-36-23-44(71)77-51(36)76)57-40(64)25-52-39(63)24-53-47(72)34(13-14-41(65)66)54-38(62)21-30-7-9-31(10-8-30)26-58-15-17-59(27-42(67)68)19-20-60(18-16-58)28-43(69)70/h4-10,29,34-37,45,47,51,53,72,76H,3,11-28H2,1-2H3,(H,52,63)(H,54,62)(H,55,74)(H,56,73)(H,57,64)(H,65,66)(H,67,68)(H,69,70)/t29-,34-,35-,36+,37-,45-,47?,51-/m0/s1. The average Bonchev–Trinajstić information content (AvgIpc) is 3.93. The second-order valence-corrected chi connectivity index (χ2v) is 19.9. The van der Waals surface area contributed by atoms with E-state index in [1.807, 2.05) is 24.3 Å². The van der Waals surface area contributed by atoms with Gasteiger partial charge in [0.2, 0.25) is 41.7 Å². The largest absolute Gasteiger partial charge is 0.481 e. The van der Waals surface area contributed by atoms with Crippen LogP contribution in [0.4, 0.5) is 5.69 Å². The number of carboxylic acid groups (broad SMARTS) is 3. The summed E-state index contributed by atoms with van der Waals surface area (Å²) in [5.41, 5.74) is 3.56. The monoisotopic (exact) mass is 1080 g/mol. The molecule has 2 aromatic rings. The molecule has 2 fully saturated rings. The zero-order valence-electron chi connectivity index (χ0n) is 43.1. The molecule has 77 heavy (non-hydrogen) atoms. The number of carbonyl (C=O) groups excluding carboxylic acids is 7. The van der Waals surface area contributed by atoms with Crippen LogP contribution in [0, 0.1) is 5.92 Å². The van der Waals surface area contributed by atoms with Crippen molar-refractivity contribution in [1.29, 1.82) is 0 Å². The van der Waals surface area contributed by atoms with Crippen LogP contribution >= 0.6 is 0 Å². The number of para-hydroxylation sites is 1. The van der Waals surface area contributed by atoms with Gasteiger partial charge in [0.05, 0.1) is 50.7 Å². The number of nitrogens with zero attached hydrogens (tertiary/aromatic N) is 4. The molecule has 4 heterocycles. The lowest BCUT2D eigenvalue weighted by Crippen LogP contribution is -2.59. The first-order valence-corrected chi connectivity index (χ1v) is 25.8. The number of aryl methyl sites for hydroxylation is 1. The van der Waals surface area contributed by atoms with Gasteiger partial charge in [-0.15, -0.1) is 0 Å². The first-order chi connectivity index (χ1) is 36.7. The summed E-state index contributed by atoms with van der Waals surface area (Å²) < 4.78 is 4.76. The number of aliphatic carboxylic acids is 3. The van der Waals surface area contributed by atoms with Crippen molar-refractivity contribution >= 4 is 65.0 Å². The van der Waals surface area contributed by atoms with E-state index in [9.17, 15) is 73.5 Å². The van der Waals surface area contributed by atoms with Gasteiger partial charge in [-0.05, 0) is 47.4 Å². The third kappa shape index (κ3) is 17.2. The molecule has 0 bridgehead atoms. The number of hydrogen-bond donors (Lipinski definition) is 11. The SMILES string of the molecule is CC[C@H](C)[C@H](NC(=O)CNC(=O)CNC(O)[C@H](CCC(=O)O)NC(=O)Cc1ccc(CN2CCN(CC(=O)O)CCN(CC(=O)O)CC2)cc1)C(=O)N[C@H]1CCc2cccc3c2N(C1=O)[C@H](C(=O)N[C@@H]1CC(=O)O[C@@H]1O)C3. The van der Waals surface area contributed by atoms with E-state index in [0.29, 0.717) is 69.9 Å². The van der Waals surface area contributed by atoms with Gasteiger partial charge in [0.25, 0.3) is 0 Å². The number of amides is 6. The maximum Gasteiger partial charge on any atom is 0.317 e. The Morgan fingerprint density at radius 1 is 0.740 bits per heavy atom. The summed E-state index contributed by atoms with van der Waals surface area (Å²) in [5.74, 6) is -8.21. The fourth-order valence-corrected chi connectivity index (χ4v) is 9.78. The summed E-state index contributed by atoms with van der Waals surface area (Å²) in [6, 6.07) is 7.07. The van der Waals surface area contributed by atoms with Crippen LogP contribution in [0.1, 0.15) is 68.2 Å². The number of aliphatic hydroxyl groups is 2. The highest BCUT2D eigenvalue weighted by atomic mass is 16.6. The minimum Gasteiger partial charge on any atom is -0.481 e. The van der Waals surface area contributed by atoms with E-state index in [1.165, 1.54) is 4.90 Å². The van der Waals surface area contributed by atoms with Gasteiger partial charge in [-0.3, -0.25) is 72.9 Å². The van der Waals surface area contributed by atoms with E-state index in [-0.39, 0.29) is 45.2 Å². The first-order valence-electron chi connectivity index (χ1n) is 25.8. The molecular formula is C51H70N10O16. The molecule has 6 amide bonds. The summed E-state index contributed by atoms with van der Waals surface area (Å²) in [6.45, 7) is 5.32. The van der Waals surface area contributed by atoms with Crippen molar-refractivity contribution in [2.24, 2.45) is 5.92 Å². The number of ether oxygens (including phenoxy) is 1. The quantitative estimate of drug-likeness (QED) is 0.0346. The molecule has 4 aliphatic heterocycles. The molecule has 0 spiro atoms.